The van der Waals surface area contributed by atoms with Gasteiger partial charge in [-0.1, -0.05) is 23.4 Å². The van der Waals surface area contributed by atoms with Crippen molar-refractivity contribution in [3.63, 3.8) is 0 Å². The molecule has 1 heterocycles. The molecule has 0 saturated heterocycles. The molecule has 1 aromatic rings. The smallest absolute Gasteiger partial charge is 0.340 e. The third-order valence-electron chi connectivity index (χ3n) is 2.09. The summed E-state index contributed by atoms with van der Waals surface area (Å²) in [5, 5.41) is 11.6. The van der Waals surface area contributed by atoms with Gasteiger partial charge in [0.1, 0.15) is 11.3 Å². The first-order valence-electron chi connectivity index (χ1n) is 4.43. The molecule has 4 heteroatoms. The van der Waals surface area contributed by atoms with E-state index in [0.29, 0.717) is 5.76 Å². The highest BCUT2D eigenvalue weighted by atomic mass is 16.5. The molecular weight excluding hydrogens is 194 g/mol. The molecule has 0 fully saturated rings. The van der Waals surface area contributed by atoms with Crippen molar-refractivity contribution in [3.05, 3.63) is 41.8 Å². The minimum atomic E-state index is -1.01. The van der Waals surface area contributed by atoms with Gasteiger partial charge in [-0.3, -0.25) is 0 Å². The highest BCUT2D eigenvalue weighted by Crippen LogP contribution is 2.32. The van der Waals surface area contributed by atoms with Gasteiger partial charge in [0.2, 0.25) is 0 Å². The van der Waals surface area contributed by atoms with E-state index in [0.717, 1.165) is 0 Å². The van der Waals surface area contributed by atoms with Gasteiger partial charge in [0.15, 0.2) is 0 Å². The molecule has 2 aliphatic rings. The van der Waals surface area contributed by atoms with Gasteiger partial charge >= 0.3 is 5.97 Å². The van der Waals surface area contributed by atoms with E-state index >= 15 is 0 Å². The Labute approximate surface area is 86.1 Å². The Morgan fingerprint density at radius 1 is 1.40 bits per heavy atom. The minimum absolute atomic E-state index is 0.120. The van der Waals surface area contributed by atoms with Crippen LogP contribution in [0.4, 0.5) is 0 Å². The number of fused-ring (bicyclic) bond motifs is 1. The van der Waals surface area contributed by atoms with Crippen molar-refractivity contribution in [2.45, 2.75) is 6.92 Å². The average molecular weight is 203 g/mol. The molecule has 0 bridgehead atoms. The van der Waals surface area contributed by atoms with Gasteiger partial charge in [-0.05, 0) is 24.1 Å². The number of carbonyl (C=O) groups is 1. The van der Waals surface area contributed by atoms with E-state index in [-0.39, 0.29) is 5.56 Å². The van der Waals surface area contributed by atoms with Crippen LogP contribution < -0.4 is 0 Å². The molecular formula is C11H9NO3. The second-order valence-electron chi connectivity index (χ2n) is 3.18. The lowest BCUT2D eigenvalue weighted by molar-refractivity contribution is 0.0695. The van der Waals surface area contributed by atoms with Crippen molar-refractivity contribution in [2.75, 3.05) is 0 Å². The monoisotopic (exact) mass is 203 g/mol. The van der Waals surface area contributed by atoms with E-state index < -0.39 is 5.97 Å². The second kappa shape index (κ2) is 3.57. The maximum absolute atomic E-state index is 10.2. The molecule has 0 aliphatic heterocycles. The van der Waals surface area contributed by atoms with Crippen LogP contribution in [0, 0.1) is 6.92 Å². The predicted octanol–water partition coefficient (Wildman–Crippen LogP) is 2.35. The lowest BCUT2D eigenvalue weighted by Crippen LogP contribution is -1.94. The fraction of sp³-hybridized carbons (Fsp3) is 0.0909. The topological polar surface area (TPSA) is 63.3 Å². The first-order valence-corrected chi connectivity index (χ1v) is 4.43. The van der Waals surface area contributed by atoms with Crippen LogP contribution >= 0.6 is 0 Å². The molecule has 0 spiro atoms. The quantitative estimate of drug-likeness (QED) is 0.659. The second-order valence-corrected chi connectivity index (χ2v) is 3.18. The first kappa shape index (κ1) is 9.45. The molecule has 1 N–H and O–H groups in total. The number of carboxylic acid groups (broad SMARTS) is 1. The number of aromatic carboxylic acids is 1. The summed E-state index contributed by atoms with van der Waals surface area (Å²) >= 11 is 0. The fourth-order valence-electron chi connectivity index (χ4n) is 1.18. The summed E-state index contributed by atoms with van der Waals surface area (Å²) in [5.41, 5.74) is 2.97. The van der Waals surface area contributed by atoms with Gasteiger partial charge in [-0.15, -0.1) is 0 Å². The van der Waals surface area contributed by atoms with E-state index in [2.05, 4.69) is 33.9 Å². The summed E-state index contributed by atoms with van der Waals surface area (Å²) in [5.74, 6) is -0.670. The summed E-state index contributed by atoms with van der Waals surface area (Å²) in [6.07, 6.45) is 1.18. The Morgan fingerprint density at radius 3 is 2.27 bits per heavy atom. The maximum Gasteiger partial charge on any atom is 0.340 e. The van der Waals surface area contributed by atoms with E-state index in [1.165, 1.54) is 17.3 Å². The number of aryl methyl sites for hydroxylation is 1. The van der Waals surface area contributed by atoms with Crippen molar-refractivity contribution in [1.82, 2.24) is 5.16 Å². The van der Waals surface area contributed by atoms with Crippen molar-refractivity contribution < 1.29 is 14.4 Å². The van der Waals surface area contributed by atoms with Crippen molar-refractivity contribution in [1.29, 1.82) is 0 Å². The first-order chi connectivity index (χ1) is 7.18. The van der Waals surface area contributed by atoms with Crippen molar-refractivity contribution in [3.8, 4) is 11.1 Å². The van der Waals surface area contributed by atoms with Crippen molar-refractivity contribution in [2.24, 2.45) is 0 Å². The van der Waals surface area contributed by atoms with E-state index in [9.17, 15) is 4.79 Å². The highest BCUT2D eigenvalue weighted by Gasteiger charge is 2.09. The molecule has 4 nitrogen and oxygen atoms in total. The number of aromatic nitrogens is 1. The van der Waals surface area contributed by atoms with Crippen LogP contribution in [0.3, 0.4) is 0 Å². The van der Waals surface area contributed by atoms with Crippen LogP contribution in [0.15, 0.2) is 35.0 Å². The Hall–Kier alpha value is -2.10. The number of carboxylic acids is 1. The standard InChI is InChI=1S/C6H4.C5H5NO3/c1-2-5-4-6(5)3-1;1-3-4(5(7)8)2-6-9-3/h1-4H;2H,1H3,(H,7,8). The minimum Gasteiger partial charge on any atom is -0.478 e. The molecule has 3 rings (SSSR count). The van der Waals surface area contributed by atoms with Crippen LogP contribution in [0.25, 0.3) is 11.1 Å². The summed E-state index contributed by atoms with van der Waals surface area (Å²) in [6, 6.07) is 8.48. The number of hydrogen-bond donors (Lipinski definition) is 1. The van der Waals surface area contributed by atoms with Gasteiger partial charge in [0.05, 0.1) is 6.20 Å². The molecule has 0 saturated carbocycles. The lowest BCUT2D eigenvalue weighted by Gasteiger charge is -1.82. The molecule has 0 atom stereocenters. The molecule has 0 amide bonds. The molecule has 1 aromatic heterocycles. The third-order valence-corrected chi connectivity index (χ3v) is 2.09. The maximum atomic E-state index is 10.2. The fourth-order valence-corrected chi connectivity index (χ4v) is 1.18. The highest BCUT2D eigenvalue weighted by molar-refractivity contribution is 5.88. The zero-order valence-electron chi connectivity index (χ0n) is 8.10. The van der Waals surface area contributed by atoms with E-state index in [4.69, 9.17) is 5.11 Å². The van der Waals surface area contributed by atoms with Crippen LogP contribution in [-0.2, 0) is 0 Å². The van der Waals surface area contributed by atoms with Crippen LogP contribution in [0.1, 0.15) is 16.1 Å². The Bertz CT molecular complexity index is 485. The van der Waals surface area contributed by atoms with Gasteiger partial charge < -0.3 is 9.63 Å². The lowest BCUT2D eigenvalue weighted by atomic mass is 10.3. The normalized spacial score (nSPS) is 10.2. The summed E-state index contributed by atoms with van der Waals surface area (Å²) in [7, 11) is 0. The molecule has 15 heavy (non-hydrogen) atoms. The number of nitrogens with zero attached hydrogens (tertiary/aromatic N) is 1. The van der Waals surface area contributed by atoms with E-state index in [1.807, 2.05) is 0 Å². The van der Waals surface area contributed by atoms with Crippen molar-refractivity contribution >= 4 is 5.97 Å². The number of hydrogen-bond acceptors (Lipinski definition) is 3. The molecule has 2 aliphatic carbocycles. The number of rotatable bonds is 1. The van der Waals surface area contributed by atoms with Gasteiger partial charge in [-0.25, -0.2) is 4.79 Å². The Balaban J connectivity index is 0.000000121. The van der Waals surface area contributed by atoms with Gasteiger partial charge in [0.25, 0.3) is 0 Å². The third kappa shape index (κ3) is 2.04. The van der Waals surface area contributed by atoms with Crippen LogP contribution in [0.5, 0.6) is 0 Å². The summed E-state index contributed by atoms with van der Waals surface area (Å²) in [6.45, 7) is 1.55. The molecule has 0 unspecified atom stereocenters. The molecule has 76 valence electrons. The average Bonchev–Trinajstić information content (AvgIpc) is 2.65. The largest absolute Gasteiger partial charge is 0.478 e. The Kier molecular flexibility index (Phi) is 2.25. The van der Waals surface area contributed by atoms with Gasteiger partial charge in [0, 0.05) is 0 Å². The summed E-state index contributed by atoms with van der Waals surface area (Å²) in [4.78, 5) is 10.2. The van der Waals surface area contributed by atoms with Crippen LogP contribution in [-0.4, -0.2) is 16.2 Å². The molecule has 0 radical (unpaired) electrons. The zero-order valence-corrected chi connectivity index (χ0v) is 8.10. The van der Waals surface area contributed by atoms with E-state index in [1.54, 1.807) is 6.92 Å². The summed E-state index contributed by atoms with van der Waals surface area (Å²) < 4.78 is 4.49. The molecule has 0 aromatic carbocycles. The SMILES string of the molecule is Cc1oncc1C(=O)O.c1cc2cc-2c1. The zero-order chi connectivity index (χ0) is 10.8. The van der Waals surface area contributed by atoms with Crippen LogP contribution in [0.2, 0.25) is 0 Å². The van der Waals surface area contributed by atoms with Gasteiger partial charge in [-0.2, -0.15) is 0 Å². The Morgan fingerprint density at radius 2 is 2.07 bits per heavy atom. The predicted molar refractivity (Wildman–Crippen MR) is 53.6 cm³/mol. The number of benzene rings is 1.